The molecule has 0 saturated carbocycles. The summed E-state index contributed by atoms with van der Waals surface area (Å²) in [6.07, 6.45) is 0. The van der Waals surface area contributed by atoms with Gasteiger partial charge in [-0.05, 0) is 47.0 Å². The Morgan fingerprint density at radius 3 is 2.63 bits per heavy atom. The van der Waals surface area contributed by atoms with Crippen molar-refractivity contribution in [1.82, 2.24) is 5.32 Å². The molecule has 2 amide bonds. The highest BCUT2D eigenvalue weighted by Gasteiger charge is 2.03. The van der Waals surface area contributed by atoms with Gasteiger partial charge in [0.05, 0.1) is 0 Å². The maximum Gasteiger partial charge on any atom is 0.319 e. The first-order valence-corrected chi connectivity index (χ1v) is 7.01. The minimum absolute atomic E-state index is 0.00136. The minimum atomic E-state index is -0.209. The van der Waals surface area contributed by atoms with Crippen LogP contribution in [0.25, 0.3) is 0 Å². The van der Waals surface area contributed by atoms with Gasteiger partial charge in [-0.1, -0.05) is 12.1 Å². The van der Waals surface area contributed by atoms with Crippen LogP contribution >= 0.6 is 11.3 Å². The van der Waals surface area contributed by atoms with Crippen LogP contribution in [0.1, 0.15) is 24.1 Å². The summed E-state index contributed by atoms with van der Waals surface area (Å²) in [5.74, 6) is 0. The Morgan fingerprint density at radius 2 is 2.05 bits per heavy atom. The molecule has 0 aliphatic carbocycles. The van der Waals surface area contributed by atoms with Gasteiger partial charge in [0.25, 0.3) is 0 Å². The molecule has 100 valence electrons. The monoisotopic (exact) mass is 275 g/mol. The van der Waals surface area contributed by atoms with Crippen LogP contribution in [0.4, 0.5) is 10.5 Å². The second-order valence-corrected chi connectivity index (χ2v) is 5.13. The van der Waals surface area contributed by atoms with E-state index in [0.29, 0.717) is 6.54 Å². The smallest absolute Gasteiger partial charge is 0.319 e. The Morgan fingerprint density at radius 1 is 1.32 bits per heavy atom. The zero-order valence-corrected chi connectivity index (χ0v) is 11.5. The zero-order chi connectivity index (χ0) is 13.7. The number of thiophene rings is 1. The molecule has 0 radical (unpaired) electrons. The molecule has 5 heteroatoms. The van der Waals surface area contributed by atoms with Crippen molar-refractivity contribution in [2.24, 2.45) is 5.73 Å². The second-order valence-electron chi connectivity index (χ2n) is 4.35. The summed E-state index contributed by atoms with van der Waals surface area (Å²) in [7, 11) is 0. The highest BCUT2D eigenvalue weighted by Crippen LogP contribution is 2.14. The van der Waals surface area contributed by atoms with Gasteiger partial charge in [0.1, 0.15) is 0 Å². The van der Waals surface area contributed by atoms with Crippen molar-refractivity contribution < 1.29 is 4.79 Å². The lowest BCUT2D eigenvalue weighted by molar-refractivity contribution is 0.252. The van der Waals surface area contributed by atoms with E-state index in [0.717, 1.165) is 16.8 Å². The number of carbonyl (C=O) groups is 1. The minimum Gasteiger partial charge on any atom is -0.334 e. The number of anilines is 1. The Kier molecular flexibility index (Phi) is 4.54. The number of benzene rings is 1. The normalized spacial score (nSPS) is 11.9. The summed E-state index contributed by atoms with van der Waals surface area (Å²) in [4.78, 5) is 11.7. The van der Waals surface area contributed by atoms with Crippen molar-refractivity contribution in [2.45, 2.75) is 19.5 Å². The van der Waals surface area contributed by atoms with Gasteiger partial charge < -0.3 is 16.4 Å². The molecule has 1 aromatic carbocycles. The van der Waals surface area contributed by atoms with Crippen LogP contribution in [-0.4, -0.2) is 6.03 Å². The molecule has 1 heterocycles. The van der Waals surface area contributed by atoms with E-state index in [1.807, 2.05) is 48.0 Å². The molecule has 19 heavy (non-hydrogen) atoms. The van der Waals surface area contributed by atoms with Gasteiger partial charge in [0.15, 0.2) is 0 Å². The summed E-state index contributed by atoms with van der Waals surface area (Å²) < 4.78 is 0. The molecule has 0 fully saturated rings. The van der Waals surface area contributed by atoms with Crippen molar-refractivity contribution in [1.29, 1.82) is 0 Å². The summed E-state index contributed by atoms with van der Waals surface area (Å²) in [5.41, 5.74) is 8.67. The van der Waals surface area contributed by atoms with Gasteiger partial charge in [0, 0.05) is 18.3 Å². The second kappa shape index (κ2) is 6.36. The fraction of sp³-hybridized carbons (Fsp3) is 0.214. The van der Waals surface area contributed by atoms with Gasteiger partial charge >= 0.3 is 6.03 Å². The van der Waals surface area contributed by atoms with Crippen LogP contribution in [0.2, 0.25) is 0 Å². The van der Waals surface area contributed by atoms with E-state index in [4.69, 9.17) is 5.73 Å². The lowest BCUT2D eigenvalue weighted by Crippen LogP contribution is -2.27. The van der Waals surface area contributed by atoms with Crippen LogP contribution in [0.3, 0.4) is 0 Å². The molecule has 4 nitrogen and oxygen atoms in total. The summed E-state index contributed by atoms with van der Waals surface area (Å²) in [6.45, 7) is 2.46. The summed E-state index contributed by atoms with van der Waals surface area (Å²) in [6, 6.07) is 9.31. The topological polar surface area (TPSA) is 67.1 Å². The van der Waals surface area contributed by atoms with Gasteiger partial charge in [-0.3, -0.25) is 0 Å². The average molecular weight is 275 g/mol. The number of nitrogens with one attached hydrogen (secondary N) is 2. The number of hydrogen-bond acceptors (Lipinski definition) is 3. The molecule has 0 spiro atoms. The highest BCUT2D eigenvalue weighted by atomic mass is 32.1. The fourth-order valence-electron chi connectivity index (χ4n) is 1.62. The number of urea groups is 1. The lowest BCUT2D eigenvalue weighted by atomic mass is 10.1. The average Bonchev–Trinajstić information content (AvgIpc) is 2.90. The molecule has 1 aromatic heterocycles. The first kappa shape index (κ1) is 13.6. The van der Waals surface area contributed by atoms with Crippen molar-refractivity contribution >= 4 is 23.1 Å². The number of rotatable bonds is 4. The summed E-state index contributed by atoms with van der Waals surface area (Å²) in [5, 5.41) is 9.59. The maximum atomic E-state index is 11.7. The predicted octanol–water partition coefficient (Wildman–Crippen LogP) is 3.09. The van der Waals surface area contributed by atoms with Gasteiger partial charge in [0.2, 0.25) is 0 Å². The number of hydrogen-bond donors (Lipinski definition) is 3. The van der Waals surface area contributed by atoms with Crippen molar-refractivity contribution in [2.75, 3.05) is 5.32 Å². The van der Waals surface area contributed by atoms with Crippen molar-refractivity contribution in [3.8, 4) is 0 Å². The SMILES string of the molecule is CC(N)c1ccc(NC(=O)NCc2ccsc2)cc1. The quantitative estimate of drug-likeness (QED) is 0.802. The first-order chi connectivity index (χ1) is 9.15. The highest BCUT2D eigenvalue weighted by molar-refractivity contribution is 7.07. The van der Waals surface area contributed by atoms with E-state index < -0.39 is 0 Å². The third-order valence-electron chi connectivity index (χ3n) is 2.73. The Labute approximate surface area is 116 Å². The molecule has 4 N–H and O–H groups in total. The van der Waals surface area contributed by atoms with Crippen molar-refractivity contribution in [3.05, 3.63) is 52.2 Å². The molecule has 0 bridgehead atoms. The van der Waals surface area contributed by atoms with Gasteiger partial charge in [-0.25, -0.2) is 4.79 Å². The van der Waals surface area contributed by atoms with Crippen LogP contribution in [0, 0.1) is 0 Å². The Bertz CT molecular complexity index is 520. The number of amides is 2. The molecule has 1 unspecified atom stereocenters. The van der Waals surface area contributed by atoms with Crippen LogP contribution in [-0.2, 0) is 6.54 Å². The third kappa shape index (κ3) is 4.08. The van der Waals surface area contributed by atoms with E-state index >= 15 is 0 Å². The molecule has 2 aromatic rings. The standard InChI is InChI=1S/C14H17N3OS/c1-10(15)12-2-4-13(5-3-12)17-14(18)16-8-11-6-7-19-9-11/h2-7,9-10H,8,15H2,1H3,(H2,16,17,18). The largest absolute Gasteiger partial charge is 0.334 e. The maximum absolute atomic E-state index is 11.7. The molecule has 0 aliphatic heterocycles. The Hall–Kier alpha value is -1.85. The lowest BCUT2D eigenvalue weighted by Gasteiger charge is -2.09. The molecular weight excluding hydrogens is 258 g/mol. The third-order valence-corrected chi connectivity index (χ3v) is 3.46. The molecule has 1 atom stereocenters. The molecular formula is C14H17N3OS. The Balaban J connectivity index is 1.84. The van der Waals surface area contributed by atoms with Gasteiger partial charge in [-0.15, -0.1) is 0 Å². The van der Waals surface area contributed by atoms with E-state index in [1.54, 1.807) is 11.3 Å². The van der Waals surface area contributed by atoms with Crippen LogP contribution in [0.15, 0.2) is 41.1 Å². The molecule has 2 rings (SSSR count). The van der Waals surface area contributed by atoms with Crippen LogP contribution in [0.5, 0.6) is 0 Å². The predicted molar refractivity (Wildman–Crippen MR) is 79.2 cm³/mol. The van der Waals surface area contributed by atoms with Gasteiger partial charge in [-0.2, -0.15) is 11.3 Å². The number of carbonyl (C=O) groups excluding carboxylic acids is 1. The van der Waals surface area contributed by atoms with E-state index in [9.17, 15) is 4.79 Å². The molecule has 0 aliphatic rings. The van der Waals surface area contributed by atoms with E-state index in [-0.39, 0.29) is 12.1 Å². The van der Waals surface area contributed by atoms with E-state index in [2.05, 4.69) is 10.6 Å². The first-order valence-electron chi connectivity index (χ1n) is 6.06. The zero-order valence-electron chi connectivity index (χ0n) is 10.7. The van der Waals surface area contributed by atoms with Crippen molar-refractivity contribution in [3.63, 3.8) is 0 Å². The number of nitrogens with two attached hydrogens (primary N) is 1. The molecule has 0 saturated heterocycles. The fourth-order valence-corrected chi connectivity index (χ4v) is 2.29. The van der Waals surface area contributed by atoms with Crippen LogP contribution < -0.4 is 16.4 Å². The van der Waals surface area contributed by atoms with E-state index in [1.165, 1.54) is 0 Å². The summed E-state index contributed by atoms with van der Waals surface area (Å²) >= 11 is 1.62.